The van der Waals surface area contributed by atoms with E-state index in [2.05, 4.69) is 5.32 Å². The van der Waals surface area contributed by atoms with E-state index in [1.54, 1.807) is 0 Å². The predicted molar refractivity (Wildman–Crippen MR) is 135 cm³/mol. The number of hydrogen-bond donors (Lipinski definition) is 2. The maximum Gasteiger partial charge on any atom is 0.245 e. The number of rotatable bonds is 10. The first-order valence-corrected chi connectivity index (χ1v) is 14.1. The average molecular weight is 556 g/mol. The van der Waals surface area contributed by atoms with Crippen molar-refractivity contribution in [2.75, 3.05) is 13.1 Å². The van der Waals surface area contributed by atoms with Crippen LogP contribution in [-0.4, -0.2) is 40.1 Å². The molecular formula is C23H23Cl2N3O5S2. The molecule has 0 aliphatic heterocycles. The van der Waals surface area contributed by atoms with Gasteiger partial charge < -0.3 is 5.32 Å². The minimum absolute atomic E-state index is 0.00512. The topological polar surface area (TPSA) is 127 Å². The Morgan fingerprint density at radius 3 is 2.17 bits per heavy atom. The van der Waals surface area contributed by atoms with Crippen LogP contribution in [0.25, 0.3) is 0 Å². The molecule has 3 N–H and O–H groups in total. The number of primary sulfonamides is 1. The van der Waals surface area contributed by atoms with E-state index in [1.807, 2.05) is 30.3 Å². The summed E-state index contributed by atoms with van der Waals surface area (Å²) in [6, 6.07) is 19.1. The molecule has 0 aromatic heterocycles. The second-order valence-corrected chi connectivity index (χ2v) is 11.9. The highest BCUT2D eigenvalue weighted by atomic mass is 35.5. The first-order chi connectivity index (χ1) is 16.5. The molecule has 0 heterocycles. The van der Waals surface area contributed by atoms with E-state index in [-0.39, 0.29) is 32.9 Å². The molecule has 0 unspecified atom stereocenters. The Balaban J connectivity index is 1.76. The molecule has 3 rings (SSSR count). The zero-order valence-electron chi connectivity index (χ0n) is 18.4. The van der Waals surface area contributed by atoms with Crippen LogP contribution in [0.5, 0.6) is 0 Å². The van der Waals surface area contributed by atoms with Crippen LogP contribution in [0, 0.1) is 0 Å². The third-order valence-corrected chi connectivity index (χ3v) is 8.56. The maximum atomic E-state index is 13.4. The van der Waals surface area contributed by atoms with Crippen LogP contribution in [0.4, 0.5) is 0 Å². The molecule has 0 aliphatic rings. The number of nitrogens with zero attached hydrogens (tertiary/aromatic N) is 1. The van der Waals surface area contributed by atoms with Crippen LogP contribution < -0.4 is 10.5 Å². The molecule has 0 spiro atoms. The van der Waals surface area contributed by atoms with E-state index in [0.29, 0.717) is 12.0 Å². The van der Waals surface area contributed by atoms with Crippen LogP contribution in [0.2, 0.25) is 10.0 Å². The van der Waals surface area contributed by atoms with Crippen molar-refractivity contribution in [2.45, 2.75) is 22.8 Å². The molecule has 0 saturated carbocycles. The molecule has 0 aliphatic carbocycles. The molecule has 3 aromatic rings. The molecular weight excluding hydrogens is 533 g/mol. The third kappa shape index (κ3) is 7.50. The monoisotopic (exact) mass is 555 g/mol. The number of amides is 1. The summed E-state index contributed by atoms with van der Waals surface area (Å²) in [5, 5.41) is 7.93. The number of benzene rings is 3. The van der Waals surface area contributed by atoms with E-state index in [4.69, 9.17) is 28.3 Å². The van der Waals surface area contributed by atoms with Crippen molar-refractivity contribution in [2.24, 2.45) is 5.14 Å². The van der Waals surface area contributed by atoms with Gasteiger partial charge in [-0.05, 0) is 47.9 Å². The Bertz CT molecular complexity index is 1400. The van der Waals surface area contributed by atoms with E-state index in [1.165, 1.54) is 42.5 Å². The van der Waals surface area contributed by atoms with Gasteiger partial charge in [0.15, 0.2) is 0 Å². The Labute approximate surface area is 214 Å². The predicted octanol–water partition coefficient (Wildman–Crippen LogP) is 3.19. The number of carbonyl (C=O) groups excluding carboxylic acids is 1. The summed E-state index contributed by atoms with van der Waals surface area (Å²) < 4.78 is 50.6. The lowest BCUT2D eigenvalue weighted by molar-refractivity contribution is -0.121. The summed E-state index contributed by atoms with van der Waals surface area (Å²) in [5.74, 6) is -0.546. The fraction of sp³-hybridized carbons (Fsp3) is 0.174. The molecule has 0 saturated heterocycles. The van der Waals surface area contributed by atoms with Gasteiger partial charge in [0.1, 0.15) is 4.90 Å². The minimum Gasteiger partial charge on any atom is -0.351 e. The summed E-state index contributed by atoms with van der Waals surface area (Å²) in [5.41, 5.74) is 1.52. The number of sulfonamides is 2. The van der Waals surface area contributed by atoms with Crippen molar-refractivity contribution >= 4 is 49.2 Å². The normalized spacial score (nSPS) is 12.0. The highest BCUT2D eigenvalue weighted by molar-refractivity contribution is 7.89. The number of carbonyl (C=O) groups is 1. The van der Waals surface area contributed by atoms with Crippen molar-refractivity contribution in [3.8, 4) is 0 Å². The molecule has 35 heavy (non-hydrogen) atoms. The lowest BCUT2D eigenvalue weighted by Crippen LogP contribution is -2.41. The molecule has 0 bridgehead atoms. The van der Waals surface area contributed by atoms with Crippen LogP contribution in [0.15, 0.2) is 82.6 Å². The Morgan fingerprint density at radius 1 is 0.886 bits per heavy atom. The smallest absolute Gasteiger partial charge is 0.245 e. The van der Waals surface area contributed by atoms with Gasteiger partial charge in [-0.3, -0.25) is 4.79 Å². The first kappa shape index (κ1) is 27.1. The average Bonchev–Trinajstić information content (AvgIpc) is 2.82. The maximum absolute atomic E-state index is 13.4. The number of halogens is 2. The fourth-order valence-electron chi connectivity index (χ4n) is 3.21. The summed E-state index contributed by atoms with van der Waals surface area (Å²) in [7, 11) is -7.98. The summed E-state index contributed by atoms with van der Waals surface area (Å²) in [4.78, 5) is 12.5. The zero-order valence-corrected chi connectivity index (χ0v) is 21.5. The van der Waals surface area contributed by atoms with Crippen LogP contribution in [0.1, 0.15) is 11.1 Å². The van der Waals surface area contributed by atoms with Gasteiger partial charge in [0.05, 0.1) is 16.5 Å². The second kappa shape index (κ2) is 11.5. The van der Waals surface area contributed by atoms with E-state index < -0.39 is 32.5 Å². The quantitative estimate of drug-likeness (QED) is 0.397. The van der Waals surface area contributed by atoms with Gasteiger partial charge in [-0.25, -0.2) is 22.0 Å². The first-order valence-electron chi connectivity index (χ1n) is 10.3. The molecule has 0 atom stereocenters. The Hall–Kier alpha value is -2.47. The van der Waals surface area contributed by atoms with Crippen LogP contribution in [-0.2, 0) is 37.8 Å². The molecule has 8 nitrogen and oxygen atoms in total. The van der Waals surface area contributed by atoms with E-state index >= 15 is 0 Å². The fourth-order valence-corrected chi connectivity index (χ4v) is 5.86. The summed E-state index contributed by atoms with van der Waals surface area (Å²) in [6.45, 7) is -0.354. The van der Waals surface area contributed by atoms with Gasteiger partial charge in [0.25, 0.3) is 0 Å². The van der Waals surface area contributed by atoms with Gasteiger partial charge >= 0.3 is 0 Å². The van der Waals surface area contributed by atoms with Crippen molar-refractivity contribution in [1.29, 1.82) is 0 Å². The molecule has 0 fully saturated rings. The van der Waals surface area contributed by atoms with Crippen molar-refractivity contribution < 1.29 is 21.6 Å². The molecule has 1 amide bonds. The van der Waals surface area contributed by atoms with Gasteiger partial charge in [0.2, 0.25) is 26.0 Å². The summed E-state index contributed by atoms with van der Waals surface area (Å²) >= 11 is 12.1. The molecule has 3 aromatic carbocycles. The van der Waals surface area contributed by atoms with Gasteiger partial charge in [-0.15, -0.1) is 0 Å². The van der Waals surface area contributed by atoms with Crippen LogP contribution >= 0.6 is 23.2 Å². The standard InChI is InChI=1S/C23H23Cl2N3O5S2/c24-19-8-11-21(25)22(14-19)35(32,33)28(13-12-17-4-2-1-3-5-17)16-23(29)27-15-18-6-9-20(10-7-18)34(26,30)31/h1-11,14H,12-13,15-16H2,(H,27,29)(H2,26,30,31). The van der Waals surface area contributed by atoms with Gasteiger partial charge in [-0.2, -0.15) is 4.31 Å². The Kier molecular flexibility index (Phi) is 8.92. The molecule has 0 radical (unpaired) electrons. The van der Waals surface area contributed by atoms with Gasteiger partial charge in [-0.1, -0.05) is 65.7 Å². The van der Waals surface area contributed by atoms with Crippen molar-refractivity contribution in [3.05, 3.63) is 94.0 Å². The van der Waals surface area contributed by atoms with Gasteiger partial charge in [0, 0.05) is 18.1 Å². The van der Waals surface area contributed by atoms with Crippen LogP contribution in [0.3, 0.4) is 0 Å². The lowest BCUT2D eigenvalue weighted by Gasteiger charge is -2.22. The SMILES string of the molecule is NS(=O)(=O)c1ccc(CNC(=O)CN(CCc2ccccc2)S(=O)(=O)c2cc(Cl)ccc2Cl)cc1. The third-order valence-electron chi connectivity index (χ3n) is 5.07. The van der Waals surface area contributed by atoms with E-state index in [0.717, 1.165) is 9.87 Å². The number of hydrogen-bond acceptors (Lipinski definition) is 5. The minimum atomic E-state index is -4.15. The molecule has 12 heteroatoms. The number of nitrogens with one attached hydrogen (secondary N) is 1. The van der Waals surface area contributed by atoms with Crippen molar-refractivity contribution in [1.82, 2.24) is 9.62 Å². The Morgan fingerprint density at radius 2 is 1.54 bits per heavy atom. The summed E-state index contributed by atoms with van der Waals surface area (Å²) in [6.07, 6.45) is 0.376. The highest BCUT2D eigenvalue weighted by Gasteiger charge is 2.29. The lowest BCUT2D eigenvalue weighted by atomic mass is 10.1. The van der Waals surface area contributed by atoms with Crippen molar-refractivity contribution in [3.63, 3.8) is 0 Å². The zero-order chi connectivity index (χ0) is 25.6. The largest absolute Gasteiger partial charge is 0.351 e. The second-order valence-electron chi connectivity index (χ2n) is 7.61. The van der Waals surface area contributed by atoms with E-state index in [9.17, 15) is 21.6 Å². The molecule has 186 valence electrons. The number of nitrogens with two attached hydrogens (primary N) is 1. The highest BCUT2D eigenvalue weighted by Crippen LogP contribution is 2.28.